The summed E-state index contributed by atoms with van der Waals surface area (Å²) >= 11 is 0. The van der Waals surface area contributed by atoms with Crippen LogP contribution in [0.3, 0.4) is 0 Å². The number of rotatable bonds is 7. The predicted molar refractivity (Wildman–Crippen MR) is 66.7 cm³/mol. The van der Waals surface area contributed by atoms with Crippen LogP contribution in [0.4, 0.5) is 0 Å². The normalized spacial score (nSPS) is 20.5. The maximum atomic E-state index is 11.6. The molecule has 1 aliphatic heterocycles. The Morgan fingerprint density at radius 3 is 2.71 bits per heavy atom. The summed E-state index contributed by atoms with van der Waals surface area (Å²) in [5.74, 6) is 0.0147. The lowest BCUT2D eigenvalue weighted by Crippen LogP contribution is -2.42. The molecule has 0 radical (unpaired) electrons. The molecule has 0 aliphatic carbocycles. The van der Waals surface area contributed by atoms with Gasteiger partial charge in [-0.25, -0.2) is 0 Å². The van der Waals surface area contributed by atoms with E-state index < -0.39 is 5.60 Å². The smallest absolute Gasteiger partial charge is 0.220 e. The van der Waals surface area contributed by atoms with Crippen LogP contribution in [0.2, 0.25) is 0 Å². The molecule has 1 atom stereocenters. The van der Waals surface area contributed by atoms with Gasteiger partial charge in [-0.15, -0.1) is 0 Å². The van der Waals surface area contributed by atoms with Crippen molar-refractivity contribution in [1.82, 2.24) is 5.32 Å². The van der Waals surface area contributed by atoms with Crippen molar-refractivity contribution in [2.24, 2.45) is 0 Å². The molecule has 0 saturated carbocycles. The molecule has 1 unspecified atom stereocenters. The maximum Gasteiger partial charge on any atom is 0.220 e. The Labute approximate surface area is 104 Å². The molecule has 2 N–H and O–H groups in total. The van der Waals surface area contributed by atoms with Crippen LogP contribution in [0.5, 0.6) is 0 Å². The van der Waals surface area contributed by atoms with Gasteiger partial charge in [-0.1, -0.05) is 13.8 Å². The Morgan fingerprint density at radius 2 is 2.18 bits per heavy atom. The zero-order chi connectivity index (χ0) is 12.7. The zero-order valence-electron chi connectivity index (χ0n) is 11.0. The lowest BCUT2D eigenvalue weighted by molar-refractivity contribution is -0.123. The van der Waals surface area contributed by atoms with Crippen molar-refractivity contribution in [3.63, 3.8) is 0 Å². The number of carbonyl (C=O) groups is 1. The van der Waals surface area contributed by atoms with Gasteiger partial charge in [0.25, 0.3) is 0 Å². The average Bonchev–Trinajstić information content (AvgIpc) is 2.86. The first kappa shape index (κ1) is 14.5. The summed E-state index contributed by atoms with van der Waals surface area (Å²) in [5, 5.41) is 12.8. The second-order valence-electron chi connectivity index (χ2n) is 4.88. The molecule has 1 heterocycles. The molecule has 17 heavy (non-hydrogen) atoms. The third-order valence-corrected chi connectivity index (χ3v) is 3.65. The Kier molecular flexibility index (Phi) is 5.92. The topological polar surface area (TPSA) is 58.6 Å². The van der Waals surface area contributed by atoms with E-state index in [2.05, 4.69) is 5.32 Å². The first-order chi connectivity index (χ1) is 8.09. The van der Waals surface area contributed by atoms with Gasteiger partial charge in [0.2, 0.25) is 5.91 Å². The molecular weight excluding hydrogens is 218 g/mol. The summed E-state index contributed by atoms with van der Waals surface area (Å²) in [6, 6.07) is 0. The molecule has 4 heteroatoms. The van der Waals surface area contributed by atoms with E-state index in [9.17, 15) is 9.90 Å². The largest absolute Gasteiger partial charge is 0.388 e. The van der Waals surface area contributed by atoms with E-state index in [1.54, 1.807) is 0 Å². The van der Waals surface area contributed by atoms with E-state index in [0.717, 1.165) is 25.9 Å². The van der Waals surface area contributed by atoms with Crippen molar-refractivity contribution in [2.75, 3.05) is 13.2 Å². The van der Waals surface area contributed by atoms with Crippen molar-refractivity contribution in [3.8, 4) is 0 Å². The van der Waals surface area contributed by atoms with Crippen molar-refractivity contribution in [2.45, 2.75) is 64.1 Å². The van der Waals surface area contributed by atoms with E-state index in [1.807, 2.05) is 13.8 Å². The van der Waals surface area contributed by atoms with Gasteiger partial charge in [0.05, 0.1) is 11.7 Å². The van der Waals surface area contributed by atoms with Gasteiger partial charge in [0, 0.05) is 19.6 Å². The van der Waals surface area contributed by atoms with Crippen LogP contribution in [-0.4, -0.2) is 35.9 Å². The van der Waals surface area contributed by atoms with Crippen LogP contribution in [0.15, 0.2) is 0 Å². The van der Waals surface area contributed by atoms with Gasteiger partial charge < -0.3 is 15.2 Å². The maximum absolute atomic E-state index is 11.6. The highest BCUT2D eigenvalue weighted by atomic mass is 16.5. The fourth-order valence-corrected chi connectivity index (χ4v) is 2.02. The number of hydrogen-bond donors (Lipinski definition) is 2. The minimum atomic E-state index is -0.750. The third kappa shape index (κ3) is 5.04. The fourth-order valence-electron chi connectivity index (χ4n) is 2.02. The van der Waals surface area contributed by atoms with E-state index >= 15 is 0 Å². The van der Waals surface area contributed by atoms with Crippen LogP contribution in [0, 0.1) is 0 Å². The SMILES string of the molecule is CCC(O)(CC)CNC(=O)CCC1CCCO1. The van der Waals surface area contributed by atoms with Gasteiger partial charge in [-0.3, -0.25) is 4.79 Å². The highest BCUT2D eigenvalue weighted by Crippen LogP contribution is 2.17. The van der Waals surface area contributed by atoms with Gasteiger partial charge in [0.1, 0.15) is 0 Å². The van der Waals surface area contributed by atoms with Gasteiger partial charge in [0.15, 0.2) is 0 Å². The summed E-state index contributed by atoms with van der Waals surface area (Å²) in [4.78, 5) is 11.6. The van der Waals surface area contributed by atoms with Gasteiger partial charge in [-0.2, -0.15) is 0 Å². The lowest BCUT2D eigenvalue weighted by atomic mass is 9.97. The molecule has 1 aliphatic rings. The molecule has 1 rings (SSSR count). The predicted octanol–water partition coefficient (Wildman–Crippen LogP) is 1.61. The average molecular weight is 243 g/mol. The summed E-state index contributed by atoms with van der Waals surface area (Å²) < 4.78 is 5.46. The monoisotopic (exact) mass is 243 g/mol. The third-order valence-electron chi connectivity index (χ3n) is 3.65. The molecule has 1 fully saturated rings. The van der Waals surface area contributed by atoms with Crippen molar-refractivity contribution >= 4 is 5.91 Å². The lowest BCUT2D eigenvalue weighted by Gasteiger charge is -2.25. The Bertz CT molecular complexity index is 233. The van der Waals surface area contributed by atoms with E-state index in [-0.39, 0.29) is 12.0 Å². The first-order valence-corrected chi connectivity index (χ1v) is 6.70. The van der Waals surface area contributed by atoms with Crippen molar-refractivity contribution < 1.29 is 14.6 Å². The molecule has 0 spiro atoms. The summed E-state index contributed by atoms with van der Waals surface area (Å²) in [6.45, 7) is 5.05. The number of aliphatic hydroxyl groups is 1. The van der Waals surface area contributed by atoms with Crippen molar-refractivity contribution in [3.05, 3.63) is 0 Å². The summed E-state index contributed by atoms with van der Waals surface area (Å²) in [5.41, 5.74) is -0.750. The number of hydrogen-bond acceptors (Lipinski definition) is 3. The molecule has 0 aromatic rings. The number of amides is 1. The zero-order valence-corrected chi connectivity index (χ0v) is 11.0. The first-order valence-electron chi connectivity index (χ1n) is 6.70. The molecule has 1 amide bonds. The molecule has 0 bridgehead atoms. The van der Waals surface area contributed by atoms with Crippen LogP contribution in [-0.2, 0) is 9.53 Å². The number of nitrogens with one attached hydrogen (secondary N) is 1. The minimum absolute atomic E-state index is 0.0147. The Morgan fingerprint density at radius 1 is 1.47 bits per heavy atom. The van der Waals surface area contributed by atoms with Crippen LogP contribution < -0.4 is 5.32 Å². The second kappa shape index (κ2) is 6.97. The van der Waals surface area contributed by atoms with Gasteiger partial charge >= 0.3 is 0 Å². The van der Waals surface area contributed by atoms with Crippen LogP contribution in [0.25, 0.3) is 0 Å². The highest BCUT2D eigenvalue weighted by molar-refractivity contribution is 5.75. The minimum Gasteiger partial charge on any atom is -0.388 e. The second-order valence-corrected chi connectivity index (χ2v) is 4.88. The quantitative estimate of drug-likeness (QED) is 0.714. The van der Waals surface area contributed by atoms with E-state index in [0.29, 0.717) is 25.8 Å². The molecule has 0 aromatic carbocycles. The van der Waals surface area contributed by atoms with E-state index in [1.165, 1.54) is 0 Å². The molecule has 1 saturated heterocycles. The fraction of sp³-hybridized carbons (Fsp3) is 0.923. The molecule has 100 valence electrons. The van der Waals surface area contributed by atoms with Crippen molar-refractivity contribution in [1.29, 1.82) is 0 Å². The molecule has 4 nitrogen and oxygen atoms in total. The molecule has 0 aromatic heterocycles. The number of ether oxygens (including phenoxy) is 1. The van der Waals surface area contributed by atoms with Gasteiger partial charge in [-0.05, 0) is 32.1 Å². The van der Waals surface area contributed by atoms with Crippen LogP contribution >= 0.6 is 0 Å². The Hall–Kier alpha value is -0.610. The summed E-state index contributed by atoms with van der Waals surface area (Å²) in [6.07, 6.45) is 5.05. The standard InChI is InChI=1S/C13H25NO3/c1-3-13(16,4-2)10-14-12(15)8-7-11-6-5-9-17-11/h11,16H,3-10H2,1-2H3,(H,14,15). The van der Waals surface area contributed by atoms with Crippen LogP contribution in [0.1, 0.15) is 52.4 Å². The number of carbonyl (C=O) groups excluding carboxylic acids is 1. The highest BCUT2D eigenvalue weighted by Gasteiger charge is 2.23. The summed E-state index contributed by atoms with van der Waals surface area (Å²) in [7, 11) is 0. The molecular formula is C13H25NO3. The Balaban J connectivity index is 2.16. The van der Waals surface area contributed by atoms with E-state index in [4.69, 9.17) is 4.74 Å².